The number of fused-ring (bicyclic) bond motifs is 1. The SMILES string of the molecule is CCn1c(COc2ccccc2C(N)=O)nc2cc(S(=O)(=O)N(C)C)ccc21. The Labute approximate surface area is 163 Å². The van der Waals surface area contributed by atoms with Crippen LogP contribution in [0.15, 0.2) is 47.4 Å². The van der Waals surface area contributed by atoms with Crippen LogP contribution in [0.25, 0.3) is 11.0 Å². The van der Waals surface area contributed by atoms with Crippen LogP contribution in [0.3, 0.4) is 0 Å². The molecule has 1 amide bonds. The van der Waals surface area contributed by atoms with Gasteiger partial charge in [0.2, 0.25) is 10.0 Å². The average molecular weight is 402 g/mol. The number of primary amides is 1. The van der Waals surface area contributed by atoms with E-state index in [0.29, 0.717) is 29.2 Å². The van der Waals surface area contributed by atoms with Gasteiger partial charge in [-0.2, -0.15) is 0 Å². The van der Waals surface area contributed by atoms with Gasteiger partial charge in [-0.1, -0.05) is 12.1 Å². The van der Waals surface area contributed by atoms with Crippen LogP contribution in [0.5, 0.6) is 5.75 Å². The van der Waals surface area contributed by atoms with Crippen molar-refractivity contribution >= 4 is 27.0 Å². The molecular formula is C19H22N4O4S. The zero-order valence-corrected chi connectivity index (χ0v) is 16.7. The van der Waals surface area contributed by atoms with Crippen molar-refractivity contribution < 1.29 is 17.9 Å². The highest BCUT2D eigenvalue weighted by atomic mass is 32.2. The highest BCUT2D eigenvalue weighted by Gasteiger charge is 2.20. The first-order chi connectivity index (χ1) is 13.3. The maximum Gasteiger partial charge on any atom is 0.252 e. The molecule has 8 nitrogen and oxygen atoms in total. The monoisotopic (exact) mass is 402 g/mol. The number of imidazole rings is 1. The Balaban J connectivity index is 1.97. The van der Waals surface area contributed by atoms with Crippen LogP contribution >= 0.6 is 0 Å². The third-order valence-electron chi connectivity index (χ3n) is 4.40. The summed E-state index contributed by atoms with van der Waals surface area (Å²) in [7, 11) is -0.576. The summed E-state index contributed by atoms with van der Waals surface area (Å²) in [5.41, 5.74) is 7.04. The van der Waals surface area contributed by atoms with Crippen LogP contribution in [-0.2, 0) is 23.2 Å². The fourth-order valence-corrected chi connectivity index (χ4v) is 3.85. The number of amides is 1. The Kier molecular flexibility index (Phi) is 5.39. The van der Waals surface area contributed by atoms with Crippen LogP contribution in [-0.4, -0.2) is 42.3 Å². The van der Waals surface area contributed by atoms with E-state index in [1.54, 1.807) is 42.5 Å². The van der Waals surface area contributed by atoms with Gasteiger partial charge >= 0.3 is 0 Å². The normalized spacial score (nSPS) is 11.9. The molecule has 0 aliphatic heterocycles. The van der Waals surface area contributed by atoms with Crippen LogP contribution in [0, 0.1) is 0 Å². The zero-order chi connectivity index (χ0) is 20.5. The molecule has 148 valence electrons. The minimum absolute atomic E-state index is 0.114. The lowest BCUT2D eigenvalue weighted by molar-refractivity contribution is 0.0995. The van der Waals surface area contributed by atoms with E-state index in [2.05, 4.69) is 4.98 Å². The molecule has 0 saturated heterocycles. The van der Waals surface area contributed by atoms with Crippen molar-refractivity contribution in [2.45, 2.75) is 25.0 Å². The number of ether oxygens (including phenoxy) is 1. The Morgan fingerprint density at radius 1 is 1.21 bits per heavy atom. The molecule has 1 aromatic heterocycles. The molecule has 2 N–H and O–H groups in total. The summed E-state index contributed by atoms with van der Waals surface area (Å²) in [4.78, 5) is 16.3. The van der Waals surface area contributed by atoms with Crippen LogP contribution in [0.1, 0.15) is 23.1 Å². The van der Waals surface area contributed by atoms with E-state index in [9.17, 15) is 13.2 Å². The Morgan fingerprint density at radius 3 is 2.57 bits per heavy atom. The lowest BCUT2D eigenvalue weighted by atomic mass is 10.2. The van der Waals surface area contributed by atoms with Crippen molar-refractivity contribution in [1.29, 1.82) is 0 Å². The van der Waals surface area contributed by atoms with E-state index in [4.69, 9.17) is 10.5 Å². The number of nitrogens with two attached hydrogens (primary N) is 1. The highest BCUT2D eigenvalue weighted by Crippen LogP contribution is 2.24. The standard InChI is InChI=1S/C19H22N4O4S/c1-4-23-16-10-9-13(28(25,26)22(2)3)11-15(16)21-18(23)12-27-17-8-6-5-7-14(17)19(20)24/h5-11H,4,12H2,1-3H3,(H2,20,24). The van der Waals surface area contributed by atoms with E-state index >= 15 is 0 Å². The van der Waals surface area contributed by atoms with Gasteiger partial charge in [0.05, 0.1) is 21.5 Å². The number of para-hydroxylation sites is 1. The number of carbonyl (C=O) groups is 1. The van der Waals surface area contributed by atoms with E-state index in [1.165, 1.54) is 14.1 Å². The summed E-state index contributed by atoms with van der Waals surface area (Å²) in [6, 6.07) is 11.6. The van der Waals surface area contributed by atoms with Gasteiger partial charge in [0.25, 0.3) is 5.91 Å². The molecule has 0 unspecified atom stereocenters. The molecule has 0 bridgehead atoms. The number of sulfonamides is 1. The summed E-state index contributed by atoms with van der Waals surface area (Å²) in [5, 5.41) is 0. The van der Waals surface area contributed by atoms with Gasteiger partial charge in [-0.25, -0.2) is 17.7 Å². The maximum absolute atomic E-state index is 12.4. The zero-order valence-electron chi connectivity index (χ0n) is 15.9. The van der Waals surface area contributed by atoms with Gasteiger partial charge in [-0.3, -0.25) is 4.79 Å². The number of nitrogens with zero attached hydrogens (tertiary/aromatic N) is 3. The molecule has 2 aromatic carbocycles. The maximum atomic E-state index is 12.4. The first-order valence-electron chi connectivity index (χ1n) is 8.69. The second-order valence-electron chi connectivity index (χ2n) is 6.36. The average Bonchev–Trinajstić information content (AvgIpc) is 3.02. The molecule has 3 rings (SSSR count). The molecule has 0 radical (unpaired) electrons. The Morgan fingerprint density at radius 2 is 1.93 bits per heavy atom. The Hall–Kier alpha value is -2.91. The topological polar surface area (TPSA) is 108 Å². The van der Waals surface area contributed by atoms with E-state index in [0.717, 1.165) is 9.82 Å². The number of carbonyl (C=O) groups excluding carboxylic acids is 1. The summed E-state index contributed by atoms with van der Waals surface area (Å²) >= 11 is 0. The second kappa shape index (κ2) is 7.61. The minimum atomic E-state index is -3.55. The second-order valence-corrected chi connectivity index (χ2v) is 8.51. The first kappa shape index (κ1) is 19.8. The van der Waals surface area contributed by atoms with E-state index in [-0.39, 0.29) is 11.5 Å². The van der Waals surface area contributed by atoms with E-state index < -0.39 is 15.9 Å². The number of aryl methyl sites for hydroxylation is 1. The molecule has 0 spiro atoms. The molecule has 0 fully saturated rings. The lowest BCUT2D eigenvalue weighted by Crippen LogP contribution is -2.22. The van der Waals surface area contributed by atoms with Crippen molar-refractivity contribution in [1.82, 2.24) is 13.9 Å². The van der Waals surface area contributed by atoms with Crippen LogP contribution in [0.4, 0.5) is 0 Å². The van der Waals surface area contributed by atoms with Gasteiger partial charge in [0, 0.05) is 20.6 Å². The van der Waals surface area contributed by atoms with Crippen molar-refractivity contribution in [2.24, 2.45) is 5.73 Å². The van der Waals surface area contributed by atoms with Crippen molar-refractivity contribution in [3.8, 4) is 5.75 Å². The van der Waals surface area contributed by atoms with Gasteiger partial charge in [0.15, 0.2) is 0 Å². The van der Waals surface area contributed by atoms with Crippen LogP contribution < -0.4 is 10.5 Å². The lowest BCUT2D eigenvalue weighted by Gasteiger charge is -2.11. The fourth-order valence-electron chi connectivity index (χ4n) is 2.93. The van der Waals surface area contributed by atoms with Gasteiger partial charge in [0.1, 0.15) is 18.2 Å². The summed E-state index contributed by atoms with van der Waals surface area (Å²) in [6.45, 7) is 2.71. The predicted molar refractivity (Wildman–Crippen MR) is 106 cm³/mol. The first-order valence-corrected chi connectivity index (χ1v) is 10.1. The number of hydrogen-bond acceptors (Lipinski definition) is 5. The molecule has 0 aliphatic carbocycles. The molecule has 3 aromatic rings. The van der Waals surface area contributed by atoms with Crippen molar-refractivity contribution in [2.75, 3.05) is 14.1 Å². The summed E-state index contributed by atoms with van der Waals surface area (Å²) in [5.74, 6) is 0.426. The fraction of sp³-hybridized carbons (Fsp3) is 0.263. The quantitative estimate of drug-likeness (QED) is 0.650. The van der Waals surface area contributed by atoms with Gasteiger partial charge < -0.3 is 15.0 Å². The minimum Gasteiger partial charge on any atom is -0.485 e. The largest absolute Gasteiger partial charge is 0.485 e. The number of aromatic nitrogens is 2. The van der Waals surface area contributed by atoms with Gasteiger partial charge in [-0.15, -0.1) is 0 Å². The molecule has 0 atom stereocenters. The van der Waals surface area contributed by atoms with E-state index in [1.807, 2.05) is 11.5 Å². The smallest absolute Gasteiger partial charge is 0.252 e. The van der Waals surface area contributed by atoms with Crippen molar-refractivity contribution in [3.05, 3.63) is 53.9 Å². The molecule has 1 heterocycles. The van der Waals surface area contributed by atoms with Gasteiger partial charge in [-0.05, 0) is 37.3 Å². The Bertz CT molecular complexity index is 1140. The molecule has 28 heavy (non-hydrogen) atoms. The molecule has 9 heteroatoms. The predicted octanol–water partition coefficient (Wildman–Crippen LogP) is 1.98. The molecule has 0 saturated carbocycles. The molecular weight excluding hydrogens is 380 g/mol. The highest BCUT2D eigenvalue weighted by molar-refractivity contribution is 7.89. The number of rotatable bonds is 7. The summed E-state index contributed by atoms with van der Waals surface area (Å²) < 4.78 is 33.6. The third-order valence-corrected chi connectivity index (χ3v) is 6.21. The number of hydrogen-bond donors (Lipinski definition) is 1. The molecule has 0 aliphatic rings. The third kappa shape index (κ3) is 3.58. The van der Waals surface area contributed by atoms with Crippen molar-refractivity contribution in [3.63, 3.8) is 0 Å². The number of benzene rings is 2. The van der Waals surface area contributed by atoms with Crippen LogP contribution in [0.2, 0.25) is 0 Å². The summed E-state index contributed by atoms with van der Waals surface area (Å²) in [6.07, 6.45) is 0.